The van der Waals surface area contributed by atoms with Gasteiger partial charge in [0.25, 0.3) is 0 Å². The summed E-state index contributed by atoms with van der Waals surface area (Å²) in [5.74, 6) is -0.547. The number of urea groups is 1. The first-order valence-electron chi connectivity index (χ1n) is 15.2. The summed E-state index contributed by atoms with van der Waals surface area (Å²) < 4.78 is 77.8. The van der Waals surface area contributed by atoms with Crippen LogP contribution in [0.5, 0.6) is 5.75 Å². The van der Waals surface area contributed by atoms with Crippen molar-refractivity contribution in [3.63, 3.8) is 0 Å². The molecule has 3 aromatic carbocycles. The van der Waals surface area contributed by atoms with E-state index < -0.39 is 50.6 Å². The largest absolute Gasteiger partial charge is 0.482 e. The van der Waals surface area contributed by atoms with Crippen molar-refractivity contribution >= 4 is 33.6 Å². The number of piperazine rings is 1. The fourth-order valence-electron chi connectivity index (χ4n) is 4.91. The third kappa shape index (κ3) is 9.25. The summed E-state index contributed by atoms with van der Waals surface area (Å²) in [5, 5.41) is 5.44. The first-order valence-corrected chi connectivity index (χ1v) is 16.6. The summed E-state index contributed by atoms with van der Waals surface area (Å²) in [7, 11) is -4.44. The normalized spacial score (nSPS) is 15.6. The lowest BCUT2D eigenvalue weighted by Crippen LogP contribution is -2.61. The van der Waals surface area contributed by atoms with Crippen molar-refractivity contribution < 1.29 is 45.4 Å². The van der Waals surface area contributed by atoms with Gasteiger partial charge >= 0.3 is 18.2 Å². The quantitative estimate of drug-likeness (QED) is 0.271. The van der Waals surface area contributed by atoms with Crippen molar-refractivity contribution in [3.05, 3.63) is 89.5 Å². The highest BCUT2D eigenvalue weighted by molar-refractivity contribution is 7.89. The van der Waals surface area contributed by atoms with Crippen LogP contribution in [0.3, 0.4) is 0 Å². The van der Waals surface area contributed by atoms with Gasteiger partial charge in [0, 0.05) is 31.9 Å². The van der Waals surface area contributed by atoms with Crippen LogP contribution in [0.4, 0.5) is 23.7 Å². The highest BCUT2D eigenvalue weighted by Gasteiger charge is 2.42. The Hall–Kier alpha value is -4.63. The molecule has 1 atom stereocenters. The van der Waals surface area contributed by atoms with E-state index >= 15 is 0 Å². The van der Waals surface area contributed by atoms with Crippen LogP contribution in [-0.4, -0.2) is 74.4 Å². The number of rotatable bonds is 11. The van der Waals surface area contributed by atoms with E-state index in [0.717, 1.165) is 27.6 Å². The van der Waals surface area contributed by atoms with Gasteiger partial charge in [0.15, 0.2) is 6.61 Å². The third-order valence-electron chi connectivity index (χ3n) is 7.59. The smallest absolute Gasteiger partial charge is 0.416 e. The van der Waals surface area contributed by atoms with Crippen LogP contribution >= 0.6 is 0 Å². The van der Waals surface area contributed by atoms with Crippen LogP contribution in [0.2, 0.25) is 0 Å². The maximum atomic E-state index is 13.7. The van der Waals surface area contributed by atoms with Gasteiger partial charge in [-0.25, -0.2) is 18.0 Å². The summed E-state index contributed by atoms with van der Waals surface area (Å²) >= 11 is 0. The van der Waals surface area contributed by atoms with E-state index in [4.69, 9.17) is 9.47 Å². The van der Waals surface area contributed by atoms with Crippen LogP contribution in [0.1, 0.15) is 43.4 Å². The monoisotopic (exact) mass is 690 g/mol. The molecule has 15 heteroatoms. The number of ether oxygens (including phenoxy) is 2. The van der Waals surface area contributed by atoms with E-state index in [1.54, 1.807) is 19.1 Å². The fraction of sp³-hybridized carbons (Fsp3) is 0.364. The predicted molar refractivity (Wildman–Crippen MR) is 171 cm³/mol. The molecule has 0 radical (unpaired) electrons. The first kappa shape index (κ1) is 36.2. The minimum Gasteiger partial charge on any atom is -0.482 e. The number of nitrogens with one attached hydrogen (secondary N) is 2. The number of amides is 3. The van der Waals surface area contributed by atoms with E-state index in [2.05, 4.69) is 10.6 Å². The highest BCUT2D eigenvalue weighted by Crippen LogP contribution is 2.31. The molecule has 0 bridgehead atoms. The number of esters is 1. The third-order valence-corrected chi connectivity index (χ3v) is 9.51. The van der Waals surface area contributed by atoms with Crippen molar-refractivity contribution in [1.82, 2.24) is 14.5 Å². The van der Waals surface area contributed by atoms with Crippen LogP contribution in [0, 0.1) is 0 Å². The maximum absolute atomic E-state index is 13.7. The predicted octanol–water partition coefficient (Wildman–Crippen LogP) is 4.99. The molecular weight excluding hydrogens is 653 g/mol. The number of sulfonamides is 1. The topological polar surface area (TPSA) is 134 Å². The second-order valence-corrected chi connectivity index (χ2v) is 13.2. The Balaban J connectivity index is 1.50. The lowest BCUT2D eigenvalue weighted by atomic mass is 10.0. The molecule has 0 saturated carbocycles. The maximum Gasteiger partial charge on any atom is 0.416 e. The van der Waals surface area contributed by atoms with E-state index in [0.29, 0.717) is 29.5 Å². The highest BCUT2D eigenvalue weighted by atomic mass is 32.2. The Bertz CT molecular complexity index is 1680. The van der Waals surface area contributed by atoms with E-state index in [9.17, 15) is 36.0 Å². The number of carbonyl (C=O) groups is 3. The molecule has 1 aliphatic rings. The number of nitrogens with zero attached hydrogens (tertiary/aromatic N) is 2. The molecule has 1 saturated heterocycles. The second kappa shape index (κ2) is 15.5. The second-order valence-electron chi connectivity index (χ2n) is 11.3. The number of benzene rings is 3. The van der Waals surface area contributed by atoms with Crippen molar-refractivity contribution in [2.75, 3.05) is 38.2 Å². The Morgan fingerprint density at radius 2 is 1.58 bits per heavy atom. The van der Waals surface area contributed by atoms with Crippen molar-refractivity contribution in [3.8, 4) is 5.75 Å². The molecule has 4 rings (SSSR count). The molecular formula is C33H37F3N4O7S. The number of carbonyl (C=O) groups excluding carboxylic acids is 3. The van der Waals surface area contributed by atoms with Crippen molar-refractivity contribution in [2.24, 2.45) is 0 Å². The van der Waals surface area contributed by atoms with Crippen LogP contribution in [0.25, 0.3) is 0 Å². The standard InChI is InChI=1S/C33H37F3N4O7S/c1-4-46-30(41)21-47-27-13-11-26(12-14-27)38-32(43)39-17-18-40(48(44,45)28-15-9-25(10-16-28)33(34,35)36)29(20-39)31(42)37-19-23-5-7-24(8-6-23)22(2)3/h5-16,22,29H,4,17-21H2,1-3H3,(H,37,42)(H,38,43)/t29-/m1/s1. The van der Waals surface area contributed by atoms with Crippen LogP contribution in [0.15, 0.2) is 77.7 Å². The summed E-state index contributed by atoms with van der Waals surface area (Å²) in [6.07, 6.45) is -4.66. The number of hydrogen-bond acceptors (Lipinski definition) is 7. The molecule has 2 N–H and O–H groups in total. The van der Waals surface area contributed by atoms with Gasteiger partial charge < -0.3 is 25.0 Å². The molecule has 1 heterocycles. The summed E-state index contributed by atoms with van der Waals surface area (Å²) in [6, 6.07) is 14.7. The number of hydrogen-bond donors (Lipinski definition) is 2. The van der Waals surface area contributed by atoms with Crippen molar-refractivity contribution in [1.29, 1.82) is 0 Å². The summed E-state index contributed by atoms with van der Waals surface area (Å²) in [4.78, 5) is 39.2. The number of anilines is 1. The number of halogens is 3. The van der Waals surface area contributed by atoms with E-state index in [1.165, 1.54) is 17.0 Å². The zero-order valence-electron chi connectivity index (χ0n) is 26.6. The van der Waals surface area contributed by atoms with Gasteiger partial charge in [0.1, 0.15) is 11.8 Å². The Labute approximate surface area is 277 Å². The average Bonchev–Trinajstić information content (AvgIpc) is 3.06. The lowest BCUT2D eigenvalue weighted by molar-refractivity contribution is -0.145. The molecule has 1 fully saturated rings. The van der Waals surface area contributed by atoms with E-state index in [-0.39, 0.29) is 39.4 Å². The van der Waals surface area contributed by atoms with Gasteiger partial charge in [-0.3, -0.25) is 4.79 Å². The summed E-state index contributed by atoms with van der Waals surface area (Å²) in [6.45, 7) is 5.06. The van der Waals surface area contributed by atoms with Gasteiger partial charge in [-0.1, -0.05) is 38.1 Å². The molecule has 11 nitrogen and oxygen atoms in total. The molecule has 258 valence electrons. The molecule has 0 aromatic heterocycles. The minimum absolute atomic E-state index is 0.0820. The average molecular weight is 691 g/mol. The van der Waals surface area contributed by atoms with Gasteiger partial charge in [-0.2, -0.15) is 17.5 Å². The molecule has 3 amide bonds. The Morgan fingerprint density at radius 1 is 0.938 bits per heavy atom. The lowest BCUT2D eigenvalue weighted by Gasteiger charge is -2.39. The van der Waals surface area contributed by atoms with Gasteiger partial charge in [-0.15, -0.1) is 0 Å². The molecule has 0 unspecified atom stereocenters. The van der Waals surface area contributed by atoms with E-state index in [1.807, 2.05) is 38.1 Å². The van der Waals surface area contributed by atoms with Gasteiger partial charge in [0.05, 0.1) is 17.1 Å². The Morgan fingerprint density at radius 3 is 2.17 bits per heavy atom. The summed E-state index contributed by atoms with van der Waals surface area (Å²) in [5.41, 5.74) is 1.23. The van der Waals surface area contributed by atoms with Crippen LogP contribution in [-0.2, 0) is 37.1 Å². The SMILES string of the molecule is CCOC(=O)COc1ccc(NC(=O)N2CCN(S(=O)(=O)c3ccc(C(F)(F)F)cc3)[C@@H](C(=O)NCc3ccc(C(C)C)cc3)C2)cc1. The zero-order chi connectivity index (χ0) is 35.1. The number of alkyl halides is 3. The molecule has 0 spiro atoms. The molecule has 1 aliphatic heterocycles. The fourth-order valence-corrected chi connectivity index (χ4v) is 6.48. The van der Waals surface area contributed by atoms with Crippen LogP contribution < -0.4 is 15.4 Å². The first-order chi connectivity index (χ1) is 22.7. The van der Waals surface area contributed by atoms with Crippen molar-refractivity contribution in [2.45, 2.75) is 50.3 Å². The van der Waals surface area contributed by atoms with Gasteiger partial charge in [-0.05, 0) is 72.5 Å². The van der Waals surface area contributed by atoms with Gasteiger partial charge in [0.2, 0.25) is 15.9 Å². The minimum atomic E-state index is -4.66. The molecule has 3 aromatic rings. The molecule has 48 heavy (non-hydrogen) atoms. The zero-order valence-corrected chi connectivity index (χ0v) is 27.4. The molecule has 0 aliphatic carbocycles. The Kier molecular flexibility index (Phi) is 11.7.